The molecule has 8 nitrogen and oxygen atoms in total. The van der Waals surface area contributed by atoms with E-state index in [2.05, 4.69) is 0 Å². The molecule has 0 spiro atoms. The molecule has 4 aromatic carbocycles. The Bertz CT molecular complexity index is 1510. The van der Waals surface area contributed by atoms with Crippen LogP contribution in [0.25, 0.3) is 22.3 Å². The molecule has 1 atom stereocenters. The summed E-state index contributed by atoms with van der Waals surface area (Å²) in [5.41, 5.74) is 1.06. The van der Waals surface area contributed by atoms with Crippen molar-refractivity contribution in [2.75, 3.05) is 0 Å². The maximum atomic E-state index is 13.0. The molecule has 1 unspecified atom stereocenters. The van der Waals surface area contributed by atoms with Gasteiger partial charge in [-0.1, -0.05) is 81.3 Å². The molecule has 0 aliphatic carbocycles. The molecule has 4 aromatic rings. The highest BCUT2D eigenvalue weighted by molar-refractivity contribution is 5.96. The van der Waals surface area contributed by atoms with Crippen LogP contribution in [0, 0.1) is 5.92 Å². The molecule has 0 heterocycles. The molecule has 0 bridgehead atoms. The van der Waals surface area contributed by atoms with Crippen LogP contribution in [0.15, 0.2) is 78.9 Å². The average Bonchev–Trinajstić information content (AvgIpc) is 2.94. The number of carbonyl (C=O) groups is 2. The summed E-state index contributed by atoms with van der Waals surface area (Å²) in [4.78, 5) is 26.0. The van der Waals surface area contributed by atoms with Gasteiger partial charge in [-0.25, -0.2) is 0 Å². The maximum absolute atomic E-state index is 13.0. The van der Waals surface area contributed by atoms with Crippen LogP contribution in [-0.2, 0) is 16.0 Å². The first-order valence-corrected chi connectivity index (χ1v) is 13.3. The zero-order chi connectivity index (χ0) is 29.5. The van der Waals surface area contributed by atoms with E-state index in [0.29, 0.717) is 5.56 Å². The van der Waals surface area contributed by atoms with Gasteiger partial charge in [0.05, 0.1) is 17.5 Å². The highest BCUT2D eigenvalue weighted by Crippen LogP contribution is 2.56. The maximum Gasteiger partial charge on any atom is 0.315 e. The largest absolute Gasteiger partial charge is 0.508 e. The summed E-state index contributed by atoms with van der Waals surface area (Å²) in [6, 6.07) is 20.2. The van der Waals surface area contributed by atoms with Crippen LogP contribution in [0.5, 0.6) is 34.5 Å². The minimum absolute atomic E-state index is 0.0233. The topological polar surface area (TPSA) is 134 Å². The van der Waals surface area contributed by atoms with Crippen LogP contribution in [-0.4, -0.2) is 32.4 Å². The van der Waals surface area contributed by atoms with Gasteiger partial charge in [0.1, 0.15) is 11.5 Å². The number of hydrogen-bond donors (Lipinski definition) is 4. The van der Waals surface area contributed by atoms with Crippen molar-refractivity contribution in [1.29, 1.82) is 0 Å². The van der Waals surface area contributed by atoms with Gasteiger partial charge in [0, 0.05) is 6.42 Å². The van der Waals surface area contributed by atoms with E-state index in [1.807, 2.05) is 19.9 Å². The fourth-order valence-electron chi connectivity index (χ4n) is 4.62. The first-order valence-electron chi connectivity index (χ1n) is 13.3. The number of carbonyl (C=O) groups excluding carboxylic acids is 2. The number of ether oxygens (including phenoxy) is 2. The van der Waals surface area contributed by atoms with Crippen molar-refractivity contribution in [3.05, 3.63) is 84.4 Å². The Balaban J connectivity index is 1.90. The van der Waals surface area contributed by atoms with Crippen LogP contribution < -0.4 is 9.47 Å². The fourth-order valence-corrected chi connectivity index (χ4v) is 4.62. The van der Waals surface area contributed by atoms with Crippen molar-refractivity contribution >= 4 is 11.9 Å². The molecule has 212 valence electrons. The van der Waals surface area contributed by atoms with E-state index in [0.717, 1.165) is 12.8 Å². The quantitative estimate of drug-likeness (QED) is 0.0961. The van der Waals surface area contributed by atoms with Gasteiger partial charge in [0.2, 0.25) is 0 Å². The van der Waals surface area contributed by atoms with Gasteiger partial charge in [-0.15, -0.1) is 0 Å². The van der Waals surface area contributed by atoms with E-state index in [1.165, 1.54) is 48.5 Å². The summed E-state index contributed by atoms with van der Waals surface area (Å²) in [6.07, 6.45) is 1.64. The number of phenols is 4. The third-order valence-electron chi connectivity index (χ3n) is 6.59. The SMILES string of the molecule is CCCC(C)CC(=O)Oc1c(O)c(-c2ccc(O)cc2)c(OC(=O)Cc2ccccc2)c(O)c1-c1ccc(O)cc1. The molecule has 0 fully saturated rings. The van der Waals surface area contributed by atoms with E-state index >= 15 is 0 Å². The molecule has 8 heteroatoms. The van der Waals surface area contributed by atoms with Gasteiger partial charge in [-0.05, 0) is 46.9 Å². The zero-order valence-electron chi connectivity index (χ0n) is 22.8. The molecule has 41 heavy (non-hydrogen) atoms. The van der Waals surface area contributed by atoms with E-state index in [9.17, 15) is 30.0 Å². The lowest BCUT2D eigenvalue weighted by molar-refractivity contribution is -0.136. The summed E-state index contributed by atoms with van der Waals surface area (Å²) in [5.74, 6) is -3.17. The Morgan fingerprint density at radius 1 is 0.683 bits per heavy atom. The first-order chi connectivity index (χ1) is 19.7. The Morgan fingerprint density at radius 3 is 1.61 bits per heavy atom. The Morgan fingerprint density at radius 2 is 1.15 bits per heavy atom. The highest BCUT2D eigenvalue weighted by atomic mass is 16.6. The van der Waals surface area contributed by atoms with Crippen LogP contribution in [0.4, 0.5) is 0 Å². The number of esters is 2. The summed E-state index contributed by atoms with van der Waals surface area (Å²) in [6.45, 7) is 3.93. The molecule has 0 aliphatic heterocycles. The summed E-state index contributed by atoms with van der Waals surface area (Å²) in [7, 11) is 0. The molecule has 4 rings (SSSR count). The average molecular weight is 557 g/mol. The summed E-state index contributed by atoms with van der Waals surface area (Å²) >= 11 is 0. The molecular weight excluding hydrogens is 524 g/mol. The number of benzene rings is 4. The molecule has 0 saturated heterocycles. The van der Waals surface area contributed by atoms with Crippen molar-refractivity contribution < 1.29 is 39.5 Å². The minimum atomic E-state index is -0.708. The Hall–Kier alpha value is -4.98. The van der Waals surface area contributed by atoms with Crippen LogP contribution in [0.1, 0.15) is 38.7 Å². The van der Waals surface area contributed by atoms with Gasteiger partial charge in [-0.2, -0.15) is 0 Å². The predicted molar refractivity (Wildman–Crippen MR) is 154 cm³/mol. The Labute approximate surface area is 238 Å². The second-order valence-electron chi connectivity index (χ2n) is 9.91. The van der Waals surface area contributed by atoms with Crippen LogP contribution >= 0.6 is 0 Å². The second-order valence-corrected chi connectivity index (χ2v) is 9.91. The molecule has 0 aromatic heterocycles. The van der Waals surface area contributed by atoms with Crippen molar-refractivity contribution in [3.8, 4) is 56.8 Å². The lowest BCUT2D eigenvalue weighted by Crippen LogP contribution is -2.15. The molecule has 4 N–H and O–H groups in total. The van der Waals surface area contributed by atoms with Crippen molar-refractivity contribution in [2.45, 2.75) is 39.5 Å². The van der Waals surface area contributed by atoms with Crippen molar-refractivity contribution in [1.82, 2.24) is 0 Å². The number of aromatic hydroxyl groups is 4. The number of hydrogen-bond acceptors (Lipinski definition) is 8. The number of rotatable bonds is 10. The van der Waals surface area contributed by atoms with E-state index in [4.69, 9.17) is 9.47 Å². The lowest BCUT2D eigenvalue weighted by atomic mass is 9.95. The first kappa shape index (κ1) is 29.0. The third-order valence-corrected chi connectivity index (χ3v) is 6.59. The summed E-state index contributed by atoms with van der Waals surface area (Å²) < 4.78 is 11.4. The molecule has 0 radical (unpaired) electrons. The monoisotopic (exact) mass is 556 g/mol. The molecule has 0 aliphatic rings. The zero-order valence-corrected chi connectivity index (χ0v) is 22.8. The highest BCUT2D eigenvalue weighted by Gasteiger charge is 2.31. The minimum Gasteiger partial charge on any atom is -0.508 e. The van der Waals surface area contributed by atoms with Gasteiger partial charge < -0.3 is 29.9 Å². The van der Waals surface area contributed by atoms with Crippen molar-refractivity contribution in [2.24, 2.45) is 5.92 Å². The van der Waals surface area contributed by atoms with Gasteiger partial charge in [0.15, 0.2) is 23.0 Å². The second kappa shape index (κ2) is 12.9. The van der Waals surface area contributed by atoms with Crippen LogP contribution in [0.3, 0.4) is 0 Å². The molecule has 0 amide bonds. The molecular formula is C33H32O8. The number of phenolic OH excluding ortho intramolecular Hbond substituents is 4. The van der Waals surface area contributed by atoms with Crippen molar-refractivity contribution in [3.63, 3.8) is 0 Å². The van der Waals surface area contributed by atoms with Gasteiger partial charge >= 0.3 is 11.9 Å². The van der Waals surface area contributed by atoms with E-state index < -0.39 is 23.4 Å². The van der Waals surface area contributed by atoms with Gasteiger partial charge in [-0.3, -0.25) is 9.59 Å². The third kappa shape index (κ3) is 6.97. The van der Waals surface area contributed by atoms with Crippen LogP contribution in [0.2, 0.25) is 0 Å². The lowest BCUT2D eigenvalue weighted by Gasteiger charge is -2.21. The molecule has 0 saturated carbocycles. The normalized spacial score (nSPS) is 11.6. The smallest absolute Gasteiger partial charge is 0.315 e. The fraction of sp³-hybridized carbons (Fsp3) is 0.212. The Kier molecular flexibility index (Phi) is 9.14. The predicted octanol–water partition coefficient (Wildman–Crippen LogP) is 6.72. The van der Waals surface area contributed by atoms with E-state index in [1.54, 1.807) is 24.3 Å². The van der Waals surface area contributed by atoms with E-state index in [-0.39, 0.29) is 64.0 Å². The summed E-state index contributed by atoms with van der Waals surface area (Å²) in [5, 5.41) is 42.9. The van der Waals surface area contributed by atoms with Gasteiger partial charge in [0.25, 0.3) is 0 Å². The standard InChI is InChI=1S/C33H32O8/c1-3-7-20(2)18-26(36)40-32-28(22-10-14-24(34)15-11-22)31(39)33(41-27(37)19-21-8-5-4-6-9-21)29(30(32)38)23-12-16-25(35)17-13-23/h4-6,8-17,20,34-35,38-39H,3,7,18-19H2,1-2H3.